The van der Waals surface area contributed by atoms with E-state index in [2.05, 4.69) is 10.6 Å². The number of hydrogen-bond donors (Lipinski definition) is 2. The Hall–Kier alpha value is -1.33. The van der Waals surface area contributed by atoms with E-state index in [-0.39, 0.29) is 17.9 Å². The summed E-state index contributed by atoms with van der Waals surface area (Å²) in [6, 6.07) is 4.61. The van der Waals surface area contributed by atoms with Gasteiger partial charge in [0.2, 0.25) is 0 Å². The maximum Gasteiger partial charge on any atom is 0.407 e. The molecule has 2 rings (SSSR count). The fourth-order valence-electron chi connectivity index (χ4n) is 2.76. The van der Waals surface area contributed by atoms with Gasteiger partial charge in [-0.25, -0.2) is 9.18 Å². The molecule has 0 heterocycles. The van der Waals surface area contributed by atoms with Gasteiger partial charge in [-0.3, -0.25) is 0 Å². The molecule has 4 nitrogen and oxygen atoms in total. The number of carbonyl (C=O) groups excluding carboxylic acids is 1. The van der Waals surface area contributed by atoms with Gasteiger partial charge in [-0.1, -0.05) is 11.6 Å². The molecule has 0 radical (unpaired) electrons. The number of halogens is 2. The third-order valence-electron chi connectivity index (χ3n) is 3.78. The molecule has 1 aliphatic carbocycles. The van der Waals surface area contributed by atoms with Crippen molar-refractivity contribution in [2.45, 2.75) is 64.3 Å². The van der Waals surface area contributed by atoms with E-state index in [1.165, 1.54) is 12.1 Å². The minimum Gasteiger partial charge on any atom is -0.444 e. The van der Waals surface area contributed by atoms with Gasteiger partial charge in [-0.2, -0.15) is 0 Å². The molecule has 2 atom stereocenters. The van der Waals surface area contributed by atoms with Gasteiger partial charge in [0.25, 0.3) is 0 Å². The summed E-state index contributed by atoms with van der Waals surface area (Å²) in [6.45, 7) is 5.88. The number of rotatable bonds is 4. The third kappa shape index (κ3) is 5.66. The molecule has 1 saturated carbocycles. The molecule has 0 aliphatic heterocycles. The lowest BCUT2D eigenvalue weighted by Crippen LogP contribution is -2.47. The highest BCUT2D eigenvalue weighted by molar-refractivity contribution is 6.30. The van der Waals surface area contributed by atoms with Crippen LogP contribution in [0.1, 0.15) is 45.6 Å². The van der Waals surface area contributed by atoms with Crippen LogP contribution in [0.15, 0.2) is 18.2 Å². The van der Waals surface area contributed by atoms with Crippen molar-refractivity contribution in [2.75, 3.05) is 0 Å². The maximum absolute atomic E-state index is 13.7. The van der Waals surface area contributed by atoms with Gasteiger partial charge >= 0.3 is 6.09 Å². The standard InChI is InChI=1S/C17H24ClFN2O2/c1-17(2,3)23-16(22)21-15-6-4-5-14(15)20-10-11-9-12(18)7-8-13(11)19/h7-9,14-15,20H,4-6,10H2,1-3H3,(H,21,22). The normalized spacial score (nSPS) is 21.3. The van der Waals surface area contributed by atoms with Gasteiger partial charge in [-0.15, -0.1) is 0 Å². The Balaban J connectivity index is 1.89. The molecule has 23 heavy (non-hydrogen) atoms. The Morgan fingerprint density at radius 1 is 1.35 bits per heavy atom. The minimum absolute atomic E-state index is 0.00732. The molecule has 2 N–H and O–H groups in total. The van der Waals surface area contributed by atoms with E-state index in [0.29, 0.717) is 17.1 Å². The van der Waals surface area contributed by atoms with Crippen LogP contribution in [-0.2, 0) is 11.3 Å². The van der Waals surface area contributed by atoms with Gasteiger partial charge < -0.3 is 15.4 Å². The van der Waals surface area contributed by atoms with E-state index in [1.807, 2.05) is 20.8 Å². The van der Waals surface area contributed by atoms with E-state index in [0.717, 1.165) is 19.3 Å². The molecule has 1 fully saturated rings. The average Bonchev–Trinajstić information content (AvgIpc) is 2.85. The topological polar surface area (TPSA) is 50.4 Å². The predicted molar refractivity (Wildman–Crippen MR) is 89.0 cm³/mol. The van der Waals surface area contributed by atoms with E-state index < -0.39 is 11.7 Å². The van der Waals surface area contributed by atoms with Crippen LogP contribution in [0.5, 0.6) is 0 Å². The molecule has 2 unspecified atom stereocenters. The molecule has 0 spiro atoms. The first kappa shape index (κ1) is 18.0. The summed E-state index contributed by atoms with van der Waals surface area (Å²) in [4.78, 5) is 11.9. The van der Waals surface area contributed by atoms with Gasteiger partial charge in [-0.05, 0) is 58.2 Å². The van der Waals surface area contributed by atoms with Crippen LogP contribution in [0.4, 0.5) is 9.18 Å². The molecule has 128 valence electrons. The fourth-order valence-corrected chi connectivity index (χ4v) is 2.95. The van der Waals surface area contributed by atoms with E-state index in [9.17, 15) is 9.18 Å². The van der Waals surface area contributed by atoms with Crippen molar-refractivity contribution in [2.24, 2.45) is 0 Å². The van der Waals surface area contributed by atoms with Crippen LogP contribution < -0.4 is 10.6 Å². The largest absolute Gasteiger partial charge is 0.444 e. The van der Waals surface area contributed by atoms with Crippen molar-refractivity contribution < 1.29 is 13.9 Å². The summed E-state index contributed by atoms with van der Waals surface area (Å²) < 4.78 is 19.0. The van der Waals surface area contributed by atoms with Crippen LogP contribution in [-0.4, -0.2) is 23.8 Å². The molecule has 6 heteroatoms. The monoisotopic (exact) mass is 342 g/mol. The smallest absolute Gasteiger partial charge is 0.407 e. The number of nitrogens with one attached hydrogen (secondary N) is 2. The molecule has 0 bridgehead atoms. The van der Waals surface area contributed by atoms with Crippen molar-refractivity contribution in [3.63, 3.8) is 0 Å². The third-order valence-corrected chi connectivity index (χ3v) is 4.02. The zero-order chi connectivity index (χ0) is 17.0. The van der Waals surface area contributed by atoms with Crippen molar-refractivity contribution in [1.29, 1.82) is 0 Å². The Labute approximate surface area is 141 Å². The lowest BCUT2D eigenvalue weighted by Gasteiger charge is -2.25. The summed E-state index contributed by atoms with van der Waals surface area (Å²) in [5.74, 6) is -0.281. The van der Waals surface area contributed by atoms with Crippen LogP contribution in [0, 0.1) is 5.82 Å². The summed E-state index contributed by atoms with van der Waals surface area (Å²) in [5.41, 5.74) is 0.00984. The Morgan fingerprint density at radius 2 is 2.04 bits per heavy atom. The van der Waals surface area contributed by atoms with Crippen molar-refractivity contribution >= 4 is 17.7 Å². The summed E-state index contributed by atoms with van der Waals surface area (Å²) >= 11 is 5.90. The highest BCUT2D eigenvalue weighted by atomic mass is 35.5. The zero-order valence-electron chi connectivity index (χ0n) is 13.8. The van der Waals surface area contributed by atoms with Crippen molar-refractivity contribution in [3.8, 4) is 0 Å². The first-order valence-electron chi connectivity index (χ1n) is 7.91. The number of hydrogen-bond acceptors (Lipinski definition) is 3. The predicted octanol–water partition coefficient (Wildman–Crippen LogP) is 4.01. The van der Waals surface area contributed by atoms with Crippen molar-refractivity contribution in [1.82, 2.24) is 10.6 Å². The fraction of sp³-hybridized carbons (Fsp3) is 0.588. The van der Waals surface area contributed by atoms with E-state index in [4.69, 9.17) is 16.3 Å². The molecule has 1 aromatic rings. The van der Waals surface area contributed by atoms with Crippen LogP contribution in [0.25, 0.3) is 0 Å². The Kier molecular flexibility index (Phi) is 5.87. The Bertz CT molecular complexity index is 560. The van der Waals surface area contributed by atoms with Crippen molar-refractivity contribution in [3.05, 3.63) is 34.6 Å². The SMILES string of the molecule is CC(C)(C)OC(=O)NC1CCCC1NCc1cc(Cl)ccc1F. The van der Waals surface area contributed by atoms with Crippen LogP contribution in [0.2, 0.25) is 5.02 Å². The molecule has 1 aromatic carbocycles. The lowest BCUT2D eigenvalue weighted by molar-refractivity contribution is 0.0498. The molecule has 1 aliphatic rings. The van der Waals surface area contributed by atoms with Gasteiger partial charge in [0, 0.05) is 29.2 Å². The summed E-state index contributed by atoms with van der Waals surface area (Å²) in [5, 5.41) is 6.73. The molecular weight excluding hydrogens is 319 g/mol. The second-order valence-electron chi connectivity index (χ2n) is 6.91. The highest BCUT2D eigenvalue weighted by Gasteiger charge is 2.29. The number of ether oxygens (including phenoxy) is 1. The van der Waals surface area contributed by atoms with Gasteiger partial charge in [0.05, 0.1) is 0 Å². The highest BCUT2D eigenvalue weighted by Crippen LogP contribution is 2.21. The molecule has 0 saturated heterocycles. The quantitative estimate of drug-likeness (QED) is 0.869. The number of benzene rings is 1. The minimum atomic E-state index is -0.518. The average molecular weight is 343 g/mol. The van der Waals surface area contributed by atoms with Gasteiger partial charge in [0.1, 0.15) is 11.4 Å². The molecular formula is C17H24ClFN2O2. The first-order chi connectivity index (χ1) is 10.7. The van der Waals surface area contributed by atoms with E-state index in [1.54, 1.807) is 6.07 Å². The molecule has 1 amide bonds. The number of amides is 1. The maximum atomic E-state index is 13.7. The second kappa shape index (κ2) is 7.49. The van der Waals surface area contributed by atoms with Crippen LogP contribution in [0.3, 0.4) is 0 Å². The summed E-state index contributed by atoms with van der Waals surface area (Å²) in [7, 11) is 0. The first-order valence-corrected chi connectivity index (χ1v) is 8.29. The van der Waals surface area contributed by atoms with Gasteiger partial charge in [0.15, 0.2) is 0 Å². The number of alkyl carbamates (subject to hydrolysis) is 1. The summed E-state index contributed by atoms with van der Waals surface area (Å²) in [6.07, 6.45) is 2.42. The van der Waals surface area contributed by atoms with Crippen LogP contribution >= 0.6 is 11.6 Å². The van der Waals surface area contributed by atoms with E-state index >= 15 is 0 Å². The number of carbonyl (C=O) groups is 1. The zero-order valence-corrected chi connectivity index (χ0v) is 14.5. The second-order valence-corrected chi connectivity index (χ2v) is 7.34. The molecule has 0 aromatic heterocycles. The lowest BCUT2D eigenvalue weighted by atomic mass is 10.1. The Morgan fingerprint density at radius 3 is 2.74 bits per heavy atom.